The second-order valence-corrected chi connectivity index (χ2v) is 5.37. The fourth-order valence-corrected chi connectivity index (χ4v) is 2.50. The number of fused-ring (bicyclic) bond motifs is 1. The van der Waals surface area contributed by atoms with Crippen molar-refractivity contribution in [1.82, 2.24) is 0 Å². The predicted octanol–water partition coefficient (Wildman–Crippen LogP) is 3.19. The van der Waals surface area contributed by atoms with E-state index < -0.39 is 51.7 Å². The Balaban J connectivity index is 2.35. The van der Waals surface area contributed by atoms with Crippen LogP contribution in [0.15, 0.2) is 33.5 Å². The van der Waals surface area contributed by atoms with E-state index in [0.717, 1.165) is 12.1 Å². The van der Waals surface area contributed by atoms with Crippen molar-refractivity contribution in [2.45, 2.75) is 6.61 Å². The molecule has 5 nitrogen and oxygen atoms in total. The van der Waals surface area contributed by atoms with Crippen LogP contribution in [0.25, 0.3) is 22.3 Å². The van der Waals surface area contributed by atoms with Gasteiger partial charge in [-0.1, -0.05) is 0 Å². The number of nitrogen functional groups attached to an aromatic ring is 2. The maximum absolute atomic E-state index is 14.6. The van der Waals surface area contributed by atoms with Crippen molar-refractivity contribution in [2.75, 3.05) is 18.6 Å². The van der Waals surface area contributed by atoms with Crippen LogP contribution in [0.2, 0.25) is 0 Å². The SMILES string of the molecule is COCc1c(F)c(N)c2c(=O)cc(-c3ccc(N)c(F)c3)oc2c1F. The number of halogens is 3. The highest BCUT2D eigenvalue weighted by Gasteiger charge is 2.23. The van der Waals surface area contributed by atoms with Gasteiger partial charge in [-0.2, -0.15) is 0 Å². The average Bonchev–Trinajstić information content (AvgIpc) is 2.58. The summed E-state index contributed by atoms with van der Waals surface area (Å²) in [6.45, 7) is -0.401. The van der Waals surface area contributed by atoms with Gasteiger partial charge in [0.25, 0.3) is 0 Å². The Morgan fingerprint density at radius 2 is 1.84 bits per heavy atom. The number of anilines is 2. The lowest BCUT2D eigenvalue weighted by molar-refractivity contribution is 0.178. The third kappa shape index (κ3) is 2.70. The Hall–Kier alpha value is -3.00. The summed E-state index contributed by atoms with van der Waals surface area (Å²) in [6.07, 6.45) is 0. The molecule has 0 saturated heterocycles. The predicted molar refractivity (Wildman–Crippen MR) is 87.3 cm³/mol. The van der Waals surface area contributed by atoms with E-state index in [0.29, 0.717) is 0 Å². The van der Waals surface area contributed by atoms with Crippen molar-refractivity contribution in [3.05, 3.63) is 57.5 Å². The number of nitrogens with two attached hydrogens (primary N) is 2. The zero-order chi connectivity index (χ0) is 18.3. The molecule has 0 aliphatic rings. The lowest BCUT2D eigenvalue weighted by atomic mass is 10.1. The molecule has 130 valence electrons. The van der Waals surface area contributed by atoms with Crippen LogP contribution in [-0.2, 0) is 11.3 Å². The Labute approximate surface area is 139 Å². The first-order valence-electron chi connectivity index (χ1n) is 7.12. The Morgan fingerprint density at radius 1 is 1.12 bits per heavy atom. The summed E-state index contributed by atoms with van der Waals surface area (Å²) < 4.78 is 52.6. The normalized spacial score (nSPS) is 11.2. The molecule has 0 aliphatic heterocycles. The summed E-state index contributed by atoms with van der Waals surface area (Å²) >= 11 is 0. The highest BCUT2D eigenvalue weighted by Crippen LogP contribution is 2.32. The minimum Gasteiger partial charge on any atom is -0.453 e. The molecule has 0 amide bonds. The van der Waals surface area contributed by atoms with E-state index >= 15 is 0 Å². The van der Waals surface area contributed by atoms with Gasteiger partial charge in [0.1, 0.15) is 11.6 Å². The van der Waals surface area contributed by atoms with Gasteiger partial charge in [0, 0.05) is 18.7 Å². The quantitative estimate of drug-likeness (QED) is 0.708. The summed E-state index contributed by atoms with van der Waals surface area (Å²) in [5.74, 6) is -3.01. The number of benzene rings is 2. The van der Waals surface area contributed by atoms with E-state index in [9.17, 15) is 18.0 Å². The zero-order valence-electron chi connectivity index (χ0n) is 13.0. The molecular weight excluding hydrogens is 337 g/mol. The van der Waals surface area contributed by atoms with Gasteiger partial charge in [-0.05, 0) is 18.2 Å². The van der Waals surface area contributed by atoms with Crippen molar-refractivity contribution < 1.29 is 22.3 Å². The van der Waals surface area contributed by atoms with Gasteiger partial charge in [0.15, 0.2) is 22.6 Å². The molecule has 8 heteroatoms. The van der Waals surface area contributed by atoms with Gasteiger partial charge >= 0.3 is 0 Å². The van der Waals surface area contributed by atoms with Gasteiger partial charge in [0.05, 0.1) is 28.9 Å². The van der Waals surface area contributed by atoms with Crippen LogP contribution in [0.3, 0.4) is 0 Å². The van der Waals surface area contributed by atoms with E-state index in [2.05, 4.69) is 0 Å². The lowest BCUT2D eigenvalue weighted by Gasteiger charge is -2.11. The lowest BCUT2D eigenvalue weighted by Crippen LogP contribution is -2.10. The molecule has 1 aromatic heterocycles. The van der Waals surface area contributed by atoms with E-state index in [4.69, 9.17) is 20.6 Å². The molecule has 3 rings (SSSR count). The summed E-state index contributed by atoms with van der Waals surface area (Å²) in [7, 11) is 1.25. The molecule has 0 fully saturated rings. The monoisotopic (exact) mass is 350 g/mol. The second-order valence-electron chi connectivity index (χ2n) is 5.37. The molecule has 0 spiro atoms. The summed E-state index contributed by atoms with van der Waals surface area (Å²) in [4.78, 5) is 12.3. The first-order valence-corrected chi connectivity index (χ1v) is 7.12. The van der Waals surface area contributed by atoms with Crippen molar-refractivity contribution in [3.8, 4) is 11.3 Å². The van der Waals surface area contributed by atoms with Gasteiger partial charge in [-0.15, -0.1) is 0 Å². The van der Waals surface area contributed by atoms with Crippen LogP contribution < -0.4 is 16.9 Å². The van der Waals surface area contributed by atoms with Crippen molar-refractivity contribution in [3.63, 3.8) is 0 Å². The number of methoxy groups -OCH3 is 1. The van der Waals surface area contributed by atoms with E-state index in [1.165, 1.54) is 19.2 Å². The van der Waals surface area contributed by atoms with Crippen LogP contribution in [-0.4, -0.2) is 7.11 Å². The fourth-order valence-electron chi connectivity index (χ4n) is 2.50. The Morgan fingerprint density at radius 3 is 2.48 bits per heavy atom. The molecule has 3 aromatic rings. The standard InChI is InChI=1S/C17H13F3N2O3/c1-24-6-8-14(19)16(22)13-11(23)5-12(25-17(13)15(8)20)7-2-3-10(21)9(18)4-7/h2-5H,6,21-22H2,1H3. The van der Waals surface area contributed by atoms with Gasteiger partial charge in [-0.25, -0.2) is 13.2 Å². The highest BCUT2D eigenvalue weighted by atomic mass is 19.1. The zero-order valence-corrected chi connectivity index (χ0v) is 13.0. The topological polar surface area (TPSA) is 91.5 Å². The molecule has 2 aromatic carbocycles. The molecule has 0 bridgehead atoms. The van der Waals surface area contributed by atoms with Crippen LogP contribution in [0.1, 0.15) is 5.56 Å². The van der Waals surface area contributed by atoms with E-state index in [1.54, 1.807) is 0 Å². The van der Waals surface area contributed by atoms with Crippen LogP contribution >= 0.6 is 0 Å². The van der Waals surface area contributed by atoms with E-state index in [-0.39, 0.29) is 17.0 Å². The number of hydrogen-bond acceptors (Lipinski definition) is 5. The highest BCUT2D eigenvalue weighted by molar-refractivity contribution is 5.91. The molecule has 0 aliphatic carbocycles. The van der Waals surface area contributed by atoms with Crippen molar-refractivity contribution in [1.29, 1.82) is 0 Å². The molecule has 1 heterocycles. The average molecular weight is 350 g/mol. The minimum absolute atomic E-state index is 0.0910. The van der Waals surface area contributed by atoms with Crippen LogP contribution in [0.5, 0.6) is 0 Å². The van der Waals surface area contributed by atoms with Crippen molar-refractivity contribution >= 4 is 22.3 Å². The molecular formula is C17H13F3N2O3. The second kappa shape index (κ2) is 6.14. The molecule has 0 unspecified atom stereocenters. The molecule has 0 atom stereocenters. The third-order valence-electron chi connectivity index (χ3n) is 3.76. The summed E-state index contributed by atoms with van der Waals surface area (Å²) in [6, 6.07) is 4.71. The van der Waals surface area contributed by atoms with Crippen LogP contribution in [0, 0.1) is 17.5 Å². The van der Waals surface area contributed by atoms with Crippen LogP contribution in [0.4, 0.5) is 24.5 Å². The molecule has 0 radical (unpaired) electrons. The number of rotatable bonds is 3. The molecule has 0 saturated carbocycles. The first kappa shape index (κ1) is 16.8. The molecule has 4 N–H and O–H groups in total. The fraction of sp³-hybridized carbons (Fsp3) is 0.118. The van der Waals surface area contributed by atoms with Crippen molar-refractivity contribution in [2.24, 2.45) is 0 Å². The maximum Gasteiger partial charge on any atom is 0.195 e. The maximum atomic E-state index is 14.6. The van der Waals surface area contributed by atoms with Gasteiger partial charge in [-0.3, -0.25) is 4.79 Å². The molecule has 25 heavy (non-hydrogen) atoms. The smallest absolute Gasteiger partial charge is 0.195 e. The number of hydrogen-bond donors (Lipinski definition) is 2. The number of ether oxygens (including phenoxy) is 1. The van der Waals surface area contributed by atoms with Gasteiger partial charge in [0.2, 0.25) is 0 Å². The Kier molecular flexibility index (Phi) is 4.13. The van der Waals surface area contributed by atoms with E-state index in [1.807, 2.05) is 0 Å². The summed E-state index contributed by atoms with van der Waals surface area (Å²) in [5, 5.41) is -0.422. The van der Waals surface area contributed by atoms with Gasteiger partial charge < -0.3 is 20.6 Å². The minimum atomic E-state index is -1.10. The third-order valence-corrected chi connectivity index (χ3v) is 3.76. The summed E-state index contributed by atoms with van der Waals surface area (Å²) in [5.41, 5.74) is 8.82. The Bertz CT molecular complexity index is 1050. The largest absolute Gasteiger partial charge is 0.453 e. The first-order chi connectivity index (χ1) is 11.8.